The SMILES string of the molecule is Cc1ccc(NCC(=O)Nc2ccc(C)c(S(=O)(=O)N3CCOCC3)c2)cc1Cl. The largest absolute Gasteiger partial charge is 0.379 e. The fraction of sp³-hybridized carbons (Fsp3) is 0.350. The Kier molecular flexibility index (Phi) is 6.79. The third-order valence-corrected chi connectivity index (χ3v) is 7.13. The quantitative estimate of drug-likeness (QED) is 0.725. The van der Waals surface area contributed by atoms with Crippen LogP contribution in [0.4, 0.5) is 11.4 Å². The summed E-state index contributed by atoms with van der Waals surface area (Å²) in [4.78, 5) is 12.5. The van der Waals surface area contributed by atoms with E-state index in [4.69, 9.17) is 16.3 Å². The average molecular weight is 438 g/mol. The number of benzene rings is 2. The molecular formula is C20H24ClN3O4S. The van der Waals surface area contributed by atoms with E-state index in [0.29, 0.717) is 42.6 Å². The van der Waals surface area contributed by atoms with Crippen LogP contribution < -0.4 is 10.6 Å². The average Bonchev–Trinajstić information content (AvgIpc) is 2.71. The number of carbonyl (C=O) groups excluding carboxylic acids is 1. The zero-order valence-electron chi connectivity index (χ0n) is 16.4. The van der Waals surface area contributed by atoms with Crippen molar-refractivity contribution in [3.8, 4) is 0 Å². The van der Waals surface area contributed by atoms with Gasteiger partial charge in [-0.2, -0.15) is 4.31 Å². The third-order valence-electron chi connectivity index (χ3n) is 4.68. The van der Waals surface area contributed by atoms with Crippen LogP contribution in [-0.2, 0) is 19.6 Å². The Bertz CT molecular complexity index is 1000. The van der Waals surface area contributed by atoms with Crippen LogP contribution in [0.1, 0.15) is 11.1 Å². The lowest BCUT2D eigenvalue weighted by Gasteiger charge is -2.26. The van der Waals surface area contributed by atoms with Crippen molar-refractivity contribution in [2.75, 3.05) is 43.5 Å². The normalized spacial score (nSPS) is 15.1. The van der Waals surface area contributed by atoms with E-state index in [9.17, 15) is 13.2 Å². The van der Waals surface area contributed by atoms with Crippen LogP contribution in [0.2, 0.25) is 5.02 Å². The second kappa shape index (κ2) is 9.13. The van der Waals surface area contributed by atoms with E-state index in [1.807, 2.05) is 19.1 Å². The molecule has 1 heterocycles. The monoisotopic (exact) mass is 437 g/mol. The maximum Gasteiger partial charge on any atom is 0.243 e. The lowest BCUT2D eigenvalue weighted by molar-refractivity contribution is -0.114. The maximum atomic E-state index is 12.9. The Balaban J connectivity index is 1.68. The lowest BCUT2D eigenvalue weighted by atomic mass is 10.2. The maximum absolute atomic E-state index is 12.9. The molecule has 7 nitrogen and oxygen atoms in total. The van der Waals surface area contributed by atoms with E-state index in [1.54, 1.807) is 25.1 Å². The van der Waals surface area contributed by atoms with E-state index in [2.05, 4.69) is 10.6 Å². The highest BCUT2D eigenvalue weighted by Gasteiger charge is 2.28. The number of aryl methyl sites for hydroxylation is 2. The predicted octanol–water partition coefficient (Wildman–Crippen LogP) is 3.03. The second-order valence-electron chi connectivity index (χ2n) is 6.86. The number of rotatable bonds is 6. The van der Waals surface area contributed by atoms with Crippen LogP contribution in [0.3, 0.4) is 0 Å². The minimum Gasteiger partial charge on any atom is -0.379 e. The molecule has 29 heavy (non-hydrogen) atoms. The van der Waals surface area contributed by atoms with Crippen LogP contribution in [0.15, 0.2) is 41.3 Å². The van der Waals surface area contributed by atoms with Crippen molar-refractivity contribution in [3.63, 3.8) is 0 Å². The van der Waals surface area contributed by atoms with Gasteiger partial charge in [-0.15, -0.1) is 0 Å². The fourth-order valence-corrected chi connectivity index (χ4v) is 4.81. The molecule has 2 aromatic rings. The van der Waals surface area contributed by atoms with Gasteiger partial charge in [0.15, 0.2) is 0 Å². The number of halogens is 1. The van der Waals surface area contributed by atoms with Gasteiger partial charge >= 0.3 is 0 Å². The Morgan fingerprint density at radius 3 is 2.41 bits per heavy atom. The summed E-state index contributed by atoms with van der Waals surface area (Å²) in [6.07, 6.45) is 0. The van der Waals surface area contributed by atoms with Gasteiger partial charge in [-0.3, -0.25) is 4.79 Å². The molecule has 1 aliphatic rings. The van der Waals surface area contributed by atoms with Crippen molar-refractivity contribution < 1.29 is 17.9 Å². The number of nitrogens with one attached hydrogen (secondary N) is 2. The molecule has 1 fully saturated rings. The van der Waals surface area contributed by atoms with Gasteiger partial charge in [0.2, 0.25) is 15.9 Å². The molecule has 0 aromatic heterocycles. The van der Waals surface area contributed by atoms with Gasteiger partial charge in [-0.1, -0.05) is 23.7 Å². The molecule has 0 unspecified atom stereocenters. The van der Waals surface area contributed by atoms with Gasteiger partial charge < -0.3 is 15.4 Å². The van der Waals surface area contributed by atoms with E-state index in [-0.39, 0.29) is 17.3 Å². The number of nitrogens with zero attached hydrogens (tertiary/aromatic N) is 1. The zero-order chi connectivity index (χ0) is 21.0. The summed E-state index contributed by atoms with van der Waals surface area (Å²) in [6.45, 7) is 5.06. The number of carbonyl (C=O) groups is 1. The number of sulfonamides is 1. The molecule has 9 heteroatoms. The molecule has 3 rings (SSSR count). The highest BCUT2D eigenvalue weighted by Crippen LogP contribution is 2.24. The molecule has 0 aliphatic carbocycles. The third kappa shape index (κ3) is 5.27. The Labute approximate surface area is 176 Å². The van der Waals surface area contributed by atoms with Gasteiger partial charge in [0.05, 0.1) is 24.7 Å². The number of amides is 1. The first-order chi connectivity index (χ1) is 13.8. The van der Waals surface area contributed by atoms with E-state index >= 15 is 0 Å². The summed E-state index contributed by atoms with van der Waals surface area (Å²) in [7, 11) is -3.64. The van der Waals surface area contributed by atoms with Crippen molar-refractivity contribution in [1.82, 2.24) is 4.31 Å². The smallest absolute Gasteiger partial charge is 0.243 e. The first kappa shape index (κ1) is 21.6. The van der Waals surface area contributed by atoms with Crippen molar-refractivity contribution in [3.05, 3.63) is 52.5 Å². The number of anilines is 2. The molecule has 156 valence electrons. The minimum absolute atomic E-state index is 0.0266. The van der Waals surface area contributed by atoms with E-state index in [1.165, 1.54) is 10.4 Å². The van der Waals surface area contributed by atoms with Gasteiger partial charge in [0, 0.05) is 29.5 Å². The molecule has 0 radical (unpaired) electrons. The number of ether oxygens (including phenoxy) is 1. The molecule has 0 bridgehead atoms. The first-order valence-electron chi connectivity index (χ1n) is 9.26. The van der Waals surface area contributed by atoms with Gasteiger partial charge in [-0.05, 0) is 49.2 Å². The predicted molar refractivity (Wildman–Crippen MR) is 114 cm³/mol. The summed E-state index contributed by atoms with van der Waals surface area (Å²) in [5, 5.41) is 6.36. The Hall–Kier alpha value is -2.13. The topological polar surface area (TPSA) is 87.7 Å². The minimum atomic E-state index is -3.64. The summed E-state index contributed by atoms with van der Waals surface area (Å²) in [5.41, 5.74) is 2.74. The summed E-state index contributed by atoms with van der Waals surface area (Å²) in [5.74, 6) is -0.291. The van der Waals surface area contributed by atoms with E-state index < -0.39 is 10.0 Å². The van der Waals surface area contributed by atoms with Gasteiger partial charge in [0.25, 0.3) is 0 Å². The van der Waals surface area contributed by atoms with Crippen molar-refractivity contribution in [2.45, 2.75) is 18.7 Å². The number of hydrogen-bond donors (Lipinski definition) is 2. The molecule has 2 aromatic carbocycles. The van der Waals surface area contributed by atoms with Gasteiger partial charge in [-0.25, -0.2) is 8.42 Å². The van der Waals surface area contributed by atoms with Crippen LogP contribution in [0, 0.1) is 13.8 Å². The summed E-state index contributed by atoms with van der Waals surface area (Å²) >= 11 is 6.09. The molecule has 0 spiro atoms. The zero-order valence-corrected chi connectivity index (χ0v) is 17.9. The van der Waals surface area contributed by atoms with Crippen molar-refractivity contribution >= 4 is 38.9 Å². The van der Waals surface area contributed by atoms with E-state index in [0.717, 1.165) is 11.3 Å². The molecule has 1 aliphatic heterocycles. The highest BCUT2D eigenvalue weighted by atomic mass is 35.5. The molecule has 0 atom stereocenters. The first-order valence-corrected chi connectivity index (χ1v) is 11.1. The van der Waals surface area contributed by atoms with Crippen LogP contribution in [0.5, 0.6) is 0 Å². The van der Waals surface area contributed by atoms with Crippen molar-refractivity contribution in [1.29, 1.82) is 0 Å². The molecule has 0 saturated carbocycles. The van der Waals surface area contributed by atoms with Crippen LogP contribution in [-0.4, -0.2) is 51.5 Å². The van der Waals surface area contributed by atoms with Crippen molar-refractivity contribution in [2.24, 2.45) is 0 Å². The summed E-state index contributed by atoms with van der Waals surface area (Å²) in [6, 6.07) is 10.3. The number of morpholine rings is 1. The highest BCUT2D eigenvalue weighted by molar-refractivity contribution is 7.89. The molecule has 1 amide bonds. The van der Waals surface area contributed by atoms with Crippen LogP contribution in [0.25, 0.3) is 0 Å². The lowest BCUT2D eigenvalue weighted by Crippen LogP contribution is -2.40. The fourth-order valence-electron chi connectivity index (χ4n) is 2.97. The second-order valence-corrected chi connectivity index (χ2v) is 9.18. The molecule has 1 saturated heterocycles. The molecular weight excluding hydrogens is 414 g/mol. The Morgan fingerprint density at radius 1 is 1.07 bits per heavy atom. The standard InChI is InChI=1S/C20H24ClN3O4S/c1-14-3-5-16(11-18(14)21)22-13-20(25)23-17-6-4-15(2)19(12-17)29(26,27)24-7-9-28-10-8-24/h3-6,11-12,22H,7-10,13H2,1-2H3,(H,23,25). The number of hydrogen-bond acceptors (Lipinski definition) is 5. The summed E-state index contributed by atoms with van der Waals surface area (Å²) < 4.78 is 32.5. The van der Waals surface area contributed by atoms with Gasteiger partial charge in [0.1, 0.15) is 0 Å². The van der Waals surface area contributed by atoms with Crippen LogP contribution >= 0.6 is 11.6 Å². The Morgan fingerprint density at radius 2 is 1.72 bits per heavy atom. The molecule has 2 N–H and O–H groups in total.